The smallest absolute Gasteiger partial charge is 0.404 e. The summed E-state index contributed by atoms with van der Waals surface area (Å²) in [5, 5.41) is 9.10. The second kappa shape index (κ2) is 12.5. The largest absolute Gasteiger partial charge is 0.573 e. The molecule has 0 saturated carbocycles. The maximum atomic E-state index is 13.5. The molecule has 1 unspecified atom stereocenters. The molecule has 2 aliphatic rings. The zero-order valence-electron chi connectivity index (χ0n) is 23.3. The fraction of sp³-hybridized carbons (Fsp3) is 0.500. The molecule has 0 radical (unpaired) electrons. The predicted molar refractivity (Wildman–Crippen MR) is 158 cm³/mol. The summed E-state index contributed by atoms with van der Waals surface area (Å²) in [4.78, 5) is 8.25. The molecular weight excluding hydrogens is 577 g/mol. The summed E-state index contributed by atoms with van der Waals surface area (Å²) in [7, 11) is -4.05. The highest BCUT2D eigenvalue weighted by Gasteiger charge is 2.34. The summed E-state index contributed by atoms with van der Waals surface area (Å²) in [6, 6.07) is 9.89. The van der Waals surface area contributed by atoms with Crippen molar-refractivity contribution in [2.45, 2.75) is 39.6 Å². The summed E-state index contributed by atoms with van der Waals surface area (Å²) in [6.45, 7) is 6.96. The van der Waals surface area contributed by atoms with Crippen molar-refractivity contribution < 1.29 is 30.5 Å². The van der Waals surface area contributed by atoms with E-state index in [1.807, 2.05) is 37.8 Å². The number of alkyl halides is 3. The number of benzene rings is 2. The van der Waals surface area contributed by atoms with Gasteiger partial charge in [-0.1, -0.05) is 12.1 Å². The number of hydrogen-bond acceptors (Lipinski definition) is 8. The zero-order chi connectivity index (χ0) is 29.9. The molecule has 0 spiro atoms. The van der Waals surface area contributed by atoms with Gasteiger partial charge in [-0.25, -0.2) is 8.42 Å². The van der Waals surface area contributed by atoms with Crippen LogP contribution in [0.15, 0.2) is 41.4 Å². The van der Waals surface area contributed by atoms with Crippen LogP contribution in [0, 0.1) is 5.41 Å². The second-order valence-electron chi connectivity index (χ2n) is 10.6. The lowest BCUT2D eigenvalue weighted by atomic mass is 9.92. The monoisotopic (exact) mass is 612 g/mol. The Kier molecular flexibility index (Phi) is 9.47. The molecular formula is C28H35F3N4O4S2. The highest BCUT2D eigenvalue weighted by Crippen LogP contribution is 2.38. The van der Waals surface area contributed by atoms with Crippen molar-refractivity contribution in [1.29, 1.82) is 5.41 Å². The van der Waals surface area contributed by atoms with Crippen molar-refractivity contribution in [1.82, 2.24) is 0 Å². The van der Waals surface area contributed by atoms with E-state index in [0.29, 0.717) is 60.8 Å². The summed E-state index contributed by atoms with van der Waals surface area (Å²) >= 11 is 0. The van der Waals surface area contributed by atoms with E-state index in [0.717, 1.165) is 11.4 Å². The van der Waals surface area contributed by atoms with Crippen molar-refractivity contribution in [2.24, 2.45) is 4.99 Å². The van der Waals surface area contributed by atoms with Crippen LogP contribution in [0.2, 0.25) is 0 Å². The molecule has 41 heavy (non-hydrogen) atoms. The first-order valence-corrected chi connectivity index (χ1v) is 16.7. The third kappa shape index (κ3) is 8.31. The topological polar surface area (TPSA) is 103 Å². The number of sulfone groups is 1. The molecule has 1 atom stereocenters. The number of rotatable bonds is 8. The van der Waals surface area contributed by atoms with E-state index >= 15 is 0 Å². The summed E-state index contributed by atoms with van der Waals surface area (Å²) in [5.41, 5.74) is 3.55. The van der Waals surface area contributed by atoms with Gasteiger partial charge in [-0.3, -0.25) is 14.6 Å². The average molecular weight is 613 g/mol. The fourth-order valence-electron chi connectivity index (χ4n) is 5.11. The van der Waals surface area contributed by atoms with E-state index in [4.69, 9.17) is 5.41 Å². The first-order chi connectivity index (χ1) is 19.2. The zero-order valence-corrected chi connectivity index (χ0v) is 25.0. The molecule has 2 aliphatic heterocycles. The highest BCUT2D eigenvalue weighted by molar-refractivity contribution is 7.91. The molecule has 2 fully saturated rings. The molecule has 0 aromatic heterocycles. The molecule has 8 nitrogen and oxygen atoms in total. The van der Waals surface area contributed by atoms with Gasteiger partial charge in [0.05, 0.1) is 28.9 Å². The molecule has 1 N–H and O–H groups in total. The number of aliphatic imine (C=N–C) groups is 1. The minimum atomic E-state index is -4.91. The van der Waals surface area contributed by atoms with Crippen LogP contribution in [0.4, 0.5) is 24.5 Å². The van der Waals surface area contributed by atoms with Crippen LogP contribution in [-0.4, -0.2) is 85.6 Å². The van der Waals surface area contributed by atoms with Gasteiger partial charge < -0.3 is 14.5 Å². The third-order valence-electron chi connectivity index (χ3n) is 7.06. The minimum absolute atomic E-state index is 0.0883. The van der Waals surface area contributed by atoms with Crippen LogP contribution in [0.5, 0.6) is 5.75 Å². The Morgan fingerprint density at radius 1 is 1.05 bits per heavy atom. The van der Waals surface area contributed by atoms with Crippen LogP contribution in [-0.2, 0) is 27.1 Å². The van der Waals surface area contributed by atoms with E-state index in [2.05, 4.69) is 9.73 Å². The Morgan fingerprint density at radius 2 is 1.66 bits per heavy atom. The van der Waals surface area contributed by atoms with E-state index in [9.17, 15) is 25.8 Å². The minimum Gasteiger partial charge on any atom is -0.404 e. The number of ether oxygens (including phenoxy) is 1. The number of anilines is 2. The summed E-state index contributed by atoms with van der Waals surface area (Å²) in [5.74, 6) is 0.494. The molecule has 2 heterocycles. The van der Waals surface area contributed by atoms with Crippen LogP contribution in [0.1, 0.15) is 37.5 Å². The lowest BCUT2D eigenvalue weighted by molar-refractivity contribution is -0.274. The highest BCUT2D eigenvalue weighted by atomic mass is 32.2. The molecule has 0 bridgehead atoms. The SMILES string of the molecule is CC(C)=NC(C)Cc1cc(OC(F)(F)F)c(N2CCS(=O)CC2)cc1C(=N)c1ccc(N2CCS(=O)(=O)CC2)cc1. The van der Waals surface area contributed by atoms with Gasteiger partial charge in [-0.2, -0.15) is 0 Å². The molecule has 13 heteroatoms. The number of nitrogens with one attached hydrogen (secondary N) is 1. The molecule has 224 valence electrons. The van der Waals surface area contributed by atoms with Gasteiger partial charge in [-0.15, -0.1) is 13.2 Å². The third-order valence-corrected chi connectivity index (χ3v) is 9.94. The van der Waals surface area contributed by atoms with Crippen molar-refractivity contribution in [3.8, 4) is 5.75 Å². The van der Waals surface area contributed by atoms with E-state index in [1.165, 1.54) is 6.07 Å². The number of nitrogens with zero attached hydrogens (tertiary/aromatic N) is 3. The van der Waals surface area contributed by atoms with Gasteiger partial charge in [-0.05, 0) is 57.0 Å². The van der Waals surface area contributed by atoms with Gasteiger partial charge in [0.15, 0.2) is 15.6 Å². The lowest BCUT2D eigenvalue weighted by Crippen LogP contribution is -2.40. The summed E-state index contributed by atoms with van der Waals surface area (Å²) < 4.78 is 80.5. The first kappa shape index (κ1) is 31.0. The van der Waals surface area contributed by atoms with Crippen molar-refractivity contribution in [3.05, 3.63) is 53.1 Å². The van der Waals surface area contributed by atoms with Crippen LogP contribution < -0.4 is 14.5 Å². The average Bonchev–Trinajstić information content (AvgIpc) is 2.88. The molecule has 2 aromatic carbocycles. The van der Waals surface area contributed by atoms with Crippen molar-refractivity contribution in [2.75, 3.05) is 59.0 Å². The van der Waals surface area contributed by atoms with Crippen LogP contribution in [0.25, 0.3) is 0 Å². The Bertz CT molecular complexity index is 1420. The van der Waals surface area contributed by atoms with Gasteiger partial charge in [0.25, 0.3) is 0 Å². The van der Waals surface area contributed by atoms with Gasteiger partial charge in [0, 0.05) is 71.0 Å². The Hall–Kier alpha value is -2.93. The Balaban J connectivity index is 1.73. The maximum absolute atomic E-state index is 13.5. The standard InChI is InChI=1S/C28H35F3N4O4S2/c1-19(2)33-20(3)16-22-17-26(39-28(29,30)31)25(35-8-12-40(36)13-9-35)18-24(22)27(32)21-4-6-23(7-5-21)34-10-14-41(37,38)15-11-34/h4-7,17-18,20,32H,8-16H2,1-3H3. The quantitative estimate of drug-likeness (QED) is 0.448. The molecule has 0 aliphatic carbocycles. The normalized spacial score (nSPS) is 18.6. The van der Waals surface area contributed by atoms with Gasteiger partial charge in [0.1, 0.15) is 0 Å². The van der Waals surface area contributed by atoms with Crippen LogP contribution in [0.3, 0.4) is 0 Å². The van der Waals surface area contributed by atoms with E-state index in [-0.39, 0.29) is 34.7 Å². The van der Waals surface area contributed by atoms with Gasteiger partial charge in [0.2, 0.25) is 0 Å². The lowest BCUT2D eigenvalue weighted by Gasteiger charge is -2.31. The Morgan fingerprint density at radius 3 is 2.22 bits per heavy atom. The second-order valence-corrected chi connectivity index (χ2v) is 14.5. The van der Waals surface area contributed by atoms with E-state index in [1.54, 1.807) is 23.1 Å². The van der Waals surface area contributed by atoms with Crippen molar-refractivity contribution >= 4 is 43.4 Å². The molecule has 0 amide bonds. The maximum Gasteiger partial charge on any atom is 0.573 e. The van der Waals surface area contributed by atoms with Crippen molar-refractivity contribution in [3.63, 3.8) is 0 Å². The number of halogens is 3. The van der Waals surface area contributed by atoms with Crippen LogP contribution >= 0.6 is 0 Å². The molecule has 2 aromatic rings. The molecule has 2 saturated heterocycles. The Labute approximate surface area is 241 Å². The predicted octanol–water partition coefficient (Wildman–Crippen LogP) is 4.22. The van der Waals surface area contributed by atoms with E-state index < -0.39 is 27.0 Å². The first-order valence-electron chi connectivity index (χ1n) is 13.4. The summed E-state index contributed by atoms with van der Waals surface area (Å²) in [6.07, 6.45) is -4.62. The van der Waals surface area contributed by atoms with Gasteiger partial charge >= 0.3 is 6.36 Å². The number of hydrogen-bond donors (Lipinski definition) is 1. The molecule has 4 rings (SSSR count). The fourth-order valence-corrected chi connectivity index (χ4v) is 7.37.